The minimum Gasteiger partial charge on any atom is -0.387 e. The molecule has 2 rings (SSSR count). The van der Waals surface area contributed by atoms with E-state index in [4.69, 9.17) is 4.74 Å². The van der Waals surface area contributed by atoms with Crippen LogP contribution in [0.5, 0.6) is 0 Å². The monoisotopic (exact) mass is 224 g/mol. The summed E-state index contributed by atoms with van der Waals surface area (Å²) < 4.78 is 7.30. The number of aromatic nitrogens is 2. The number of nitrogens with zero attached hydrogens (tertiary/aromatic N) is 2. The second kappa shape index (κ2) is 4.18. The van der Waals surface area contributed by atoms with Gasteiger partial charge in [-0.3, -0.25) is 4.68 Å². The van der Waals surface area contributed by atoms with Crippen molar-refractivity contribution in [3.05, 3.63) is 17.5 Å². The van der Waals surface area contributed by atoms with E-state index in [2.05, 4.69) is 18.1 Å². The molecule has 90 valence electrons. The molecule has 1 fully saturated rings. The minimum absolute atomic E-state index is 0.0903. The van der Waals surface area contributed by atoms with Gasteiger partial charge in [0.2, 0.25) is 0 Å². The SMILES string of the molecule is CCc1cc(CC2(O)CCOC2C)n(C)n1. The summed E-state index contributed by atoms with van der Waals surface area (Å²) in [6.45, 7) is 4.67. The highest BCUT2D eigenvalue weighted by atomic mass is 16.5. The molecule has 0 radical (unpaired) electrons. The van der Waals surface area contributed by atoms with Crippen molar-refractivity contribution in [2.24, 2.45) is 7.05 Å². The first-order valence-corrected chi connectivity index (χ1v) is 5.91. The van der Waals surface area contributed by atoms with E-state index in [9.17, 15) is 5.11 Å². The van der Waals surface area contributed by atoms with Gasteiger partial charge in [0.1, 0.15) is 0 Å². The van der Waals surface area contributed by atoms with Gasteiger partial charge < -0.3 is 9.84 Å². The lowest BCUT2D eigenvalue weighted by atomic mass is 9.91. The maximum Gasteiger partial charge on any atom is 0.0982 e. The maximum absolute atomic E-state index is 10.5. The molecular formula is C12H20N2O2. The molecule has 1 aromatic rings. The van der Waals surface area contributed by atoms with Gasteiger partial charge in [0, 0.05) is 32.2 Å². The molecule has 0 saturated carbocycles. The zero-order chi connectivity index (χ0) is 11.8. The summed E-state index contributed by atoms with van der Waals surface area (Å²) >= 11 is 0. The van der Waals surface area contributed by atoms with Crippen molar-refractivity contribution in [1.29, 1.82) is 0 Å². The summed E-state index contributed by atoms with van der Waals surface area (Å²) in [4.78, 5) is 0. The van der Waals surface area contributed by atoms with Crippen LogP contribution < -0.4 is 0 Å². The number of rotatable bonds is 3. The van der Waals surface area contributed by atoms with Crippen molar-refractivity contribution in [2.75, 3.05) is 6.61 Å². The molecule has 2 atom stereocenters. The summed E-state index contributed by atoms with van der Waals surface area (Å²) in [7, 11) is 1.93. The third-order valence-corrected chi connectivity index (χ3v) is 3.54. The van der Waals surface area contributed by atoms with Crippen LogP contribution in [0.15, 0.2) is 6.07 Å². The zero-order valence-corrected chi connectivity index (χ0v) is 10.2. The Balaban J connectivity index is 2.16. The van der Waals surface area contributed by atoms with Crippen LogP contribution in [0.2, 0.25) is 0 Å². The van der Waals surface area contributed by atoms with Crippen LogP contribution in [0.1, 0.15) is 31.7 Å². The van der Waals surface area contributed by atoms with E-state index in [1.807, 2.05) is 18.7 Å². The van der Waals surface area contributed by atoms with E-state index in [0.717, 1.165) is 17.8 Å². The Bertz CT molecular complexity index is 375. The van der Waals surface area contributed by atoms with E-state index < -0.39 is 5.60 Å². The molecular weight excluding hydrogens is 204 g/mol. The average Bonchev–Trinajstić information content (AvgIpc) is 2.74. The second-order valence-electron chi connectivity index (χ2n) is 4.65. The van der Waals surface area contributed by atoms with Crippen molar-refractivity contribution >= 4 is 0 Å². The van der Waals surface area contributed by atoms with Crippen LogP contribution in [-0.4, -0.2) is 33.2 Å². The molecule has 1 aliphatic heterocycles. The average molecular weight is 224 g/mol. The Morgan fingerprint density at radius 2 is 2.44 bits per heavy atom. The van der Waals surface area contributed by atoms with Crippen molar-refractivity contribution in [3.8, 4) is 0 Å². The molecule has 2 heterocycles. The molecule has 16 heavy (non-hydrogen) atoms. The lowest BCUT2D eigenvalue weighted by Crippen LogP contribution is -2.39. The molecule has 0 bridgehead atoms. The highest BCUT2D eigenvalue weighted by Gasteiger charge is 2.40. The Hall–Kier alpha value is -0.870. The summed E-state index contributed by atoms with van der Waals surface area (Å²) in [5.41, 5.74) is 1.43. The van der Waals surface area contributed by atoms with Gasteiger partial charge in [0.15, 0.2) is 0 Å². The number of hydrogen-bond acceptors (Lipinski definition) is 3. The molecule has 1 aliphatic rings. The largest absolute Gasteiger partial charge is 0.387 e. The lowest BCUT2D eigenvalue weighted by molar-refractivity contribution is -0.0279. The third-order valence-electron chi connectivity index (χ3n) is 3.54. The first-order chi connectivity index (χ1) is 7.55. The highest BCUT2D eigenvalue weighted by Crippen LogP contribution is 2.29. The van der Waals surface area contributed by atoms with E-state index in [1.54, 1.807) is 0 Å². The van der Waals surface area contributed by atoms with Gasteiger partial charge in [-0.2, -0.15) is 5.10 Å². The van der Waals surface area contributed by atoms with Gasteiger partial charge in [0.25, 0.3) is 0 Å². The standard InChI is InChI=1S/C12H20N2O2/c1-4-10-7-11(14(3)13-10)8-12(15)5-6-16-9(12)2/h7,9,15H,4-6,8H2,1-3H3. The van der Waals surface area contributed by atoms with Crippen LogP contribution >= 0.6 is 0 Å². The van der Waals surface area contributed by atoms with Crippen LogP contribution in [0.3, 0.4) is 0 Å². The first-order valence-electron chi connectivity index (χ1n) is 5.91. The summed E-state index contributed by atoms with van der Waals surface area (Å²) in [5, 5.41) is 14.8. The van der Waals surface area contributed by atoms with Crippen LogP contribution in [0.25, 0.3) is 0 Å². The number of hydrogen-bond donors (Lipinski definition) is 1. The van der Waals surface area contributed by atoms with Crippen molar-refractivity contribution < 1.29 is 9.84 Å². The highest BCUT2D eigenvalue weighted by molar-refractivity contribution is 5.14. The predicted molar refractivity (Wildman–Crippen MR) is 61.3 cm³/mol. The van der Waals surface area contributed by atoms with Gasteiger partial charge in [-0.25, -0.2) is 0 Å². The second-order valence-corrected chi connectivity index (χ2v) is 4.65. The third kappa shape index (κ3) is 1.99. The maximum atomic E-state index is 10.5. The van der Waals surface area contributed by atoms with Gasteiger partial charge in [-0.1, -0.05) is 6.92 Å². The normalized spacial score (nSPS) is 29.9. The molecule has 0 aromatic carbocycles. The Labute approximate surface area is 96.2 Å². The lowest BCUT2D eigenvalue weighted by Gasteiger charge is -2.25. The summed E-state index contributed by atoms with van der Waals surface area (Å²) in [6, 6.07) is 2.07. The van der Waals surface area contributed by atoms with E-state index in [0.29, 0.717) is 19.4 Å². The molecule has 0 amide bonds. The fraction of sp³-hybridized carbons (Fsp3) is 0.750. The van der Waals surface area contributed by atoms with Crippen molar-refractivity contribution in [1.82, 2.24) is 9.78 Å². The van der Waals surface area contributed by atoms with Gasteiger partial charge in [0.05, 0.1) is 17.4 Å². The summed E-state index contributed by atoms with van der Waals surface area (Å²) in [6.07, 6.45) is 2.17. The number of ether oxygens (including phenoxy) is 1. The quantitative estimate of drug-likeness (QED) is 0.835. The van der Waals surface area contributed by atoms with Gasteiger partial charge >= 0.3 is 0 Å². The Kier molecular flexibility index (Phi) is 3.04. The number of aliphatic hydroxyl groups is 1. The first kappa shape index (κ1) is 11.6. The van der Waals surface area contributed by atoms with Crippen molar-refractivity contribution in [2.45, 2.75) is 44.8 Å². The molecule has 0 spiro atoms. The summed E-state index contributed by atoms with van der Waals surface area (Å²) in [5.74, 6) is 0. The predicted octanol–water partition coefficient (Wildman–Crippen LogP) is 1.06. The Morgan fingerprint density at radius 3 is 2.94 bits per heavy atom. The fourth-order valence-corrected chi connectivity index (χ4v) is 2.23. The van der Waals surface area contributed by atoms with Gasteiger partial charge in [-0.15, -0.1) is 0 Å². The molecule has 1 saturated heterocycles. The van der Waals surface area contributed by atoms with Crippen LogP contribution in [-0.2, 0) is 24.6 Å². The van der Waals surface area contributed by atoms with Gasteiger partial charge in [-0.05, 0) is 19.4 Å². The zero-order valence-electron chi connectivity index (χ0n) is 10.2. The molecule has 2 unspecified atom stereocenters. The fourth-order valence-electron chi connectivity index (χ4n) is 2.23. The van der Waals surface area contributed by atoms with Crippen LogP contribution in [0.4, 0.5) is 0 Å². The smallest absolute Gasteiger partial charge is 0.0982 e. The van der Waals surface area contributed by atoms with Crippen molar-refractivity contribution in [3.63, 3.8) is 0 Å². The van der Waals surface area contributed by atoms with E-state index in [-0.39, 0.29) is 6.10 Å². The molecule has 1 aromatic heterocycles. The molecule has 0 aliphatic carbocycles. The number of aryl methyl sites for hydroxylation is 2. The van der Waals surface area contributed by atoms with E-state index >= 15 is 0 Å². The van der Waals surface area contributed by atoms with Crippen LogP contribution in [0, 0.1) is 0 Å². The van der Waals surface area contributed by atoms with E-state index in [1.165, 1.54) is 0 Å². The minimum atomic E-state index is -0.723. The topological polar surface area (TPSA) is 47.3 Å². The molecule has 1 N–H and O–H groups in total. The molecule has 4 nitrogen and oxygen atoms in total. The Morgan fingerprint density at radius 1 is 1.69 bits per heavy atom. The molecule has 4 heteroatoms.